The maximum absolute atomic E-state index is 5.20. The second-order valence-electron chi connectivity index (χ2n) is 4.24. The Kier molecular flexibility index (Phi) is 4.94. The van der Waals surface area contributed by atoms with E-state index >= 15 is 0 Å². The van der Waals surface area contributed by atoms with Crippen LogP contribution in [0.4, 0.5) is 0 Å². The van der Waals surface area contributed by atoms with E-state index in [1.54, 1.807) is 17.6 Å². The van der Waals surface area contributed by atoms with Crippen molar-refractivity contribution >= 4 is 34.9 Å². The lowest BCUT2D eigenvalue weighted by Gasteiger charge is -2.23. The van der Waals surface area contributed by atoms with Crippen LogP contribution in [0.1, 0.15) is 37.7 Å². The third-order valence-corrected chi connectivity index (χ3v) is 3.77. The number of nitrogens with zero attached hydrogens (tertiary/aromatic N) is 1. The Morgan fingerprint density at radius 1 is 1.41 bits per heavy atom. The number of thiocarbonyl (C=S) groups is 1. The standard InChI is InChI=1S/C12H17N3S2/c16-12(14-11-4-2-1-3-5-11)15-13-8-10-6-7-17-9-10/h6-9,11H,1-5H2,(H2,14,15,16)/b13-8+. The summed E-state index contributed by atoms with van der Waals surface area (Å²) in [6.07, 6.45) is 8.18. The number of hydrazone groups is 1. The van der Waals surface area contributed by atoms with Gasteiger partial charge in [0.2, 0.25) is 0 Å². The van der Waals surface area contributed by atoms with Crippen molar-refractivity contribution in [1.29, 1.82) is 0 Å². The minimum absolute atomic E-state index is 0.528. The van der Waals surface area contributed by atoms with Crippen molar-refractivity contribution in [2.75, 3.05) is 0 Å². The minimum atomic E-state index is 0.528. The molecule has 17 heavy (non-hydrogen) atoms. The molecule has 0 unspecified atom stereocenters. The van der Waals surface area contributed by atoms with Crippen molar-refractivity contribution in [3.05, 3.63) is 22.4 Å². The van der Waals surface area contributed by atoms with Crippen LogP contribution in [0.25, 0.3) is 0 Å². The summed E-state index contributed by atoms with van der Waals surface area (Å²) in [5, 5.41) is 12.1. The van der Waals surface area contributed by atoms with Crippen LogP contribution in [0.3, 0.4) is 0 Å². The predicted octanol–water partition coefficient (Wildman–Crippen LogP) is 2.88. The molecule has 5 heteroatoms. The molecule has 1 aliphatic carbocycles. The fourth-order valence-corrected chi connectivity index (χ4v) is 2.81. The first-order valence-electron chi connectivity index (χ1n) is 5.96. The second-order valence-corrected chi connectivity index (χ2v) is 5.42. The second kappa shape index (κ2) is 6.71. The molecule has 1 aliphatic rings. The summed E-state index contributed by atoms with van der Waals surface area (Å²) < 4.78 is 0. The maximum Gasteiger partial charge on any atom is 0.187 e. The predicted molar refractivity (Wildman–Crippen MR) is 77.7 cm³/mol. The summed E-state index contributed by atoms with van der Waals surface area (Å²) in [6.45, 7) is 0. The van der Waals surface area contributed by atoms with E-state index in [1.807, 2.05) is 16.8 Å². The first-order valence-corrected chi connectivity index (χ1v) is 7.31. The normalized spacial score (nSPS) is 17.2. The van der Waals surface area contributed by atoms with Gasteiger partial charge in [-0.15, -0.1) is 0 Å². The average Bonchev–Trinajstić information content (AvgIpc) is 2.83. The molecule has 3 nitrogen and oxygen atoms in total. The van der Waals surface area contributed by atoms with E-state index in [2.05, 4.69) is 15.8 Å². The first kappa shape index (κ1) is 12.5. The molecule has 1 fully saturated rings. The highest BCUT2D eigenvalue weighted by molar-refractivity contribution is 7.80. The molecule has 0 amide bonds. The van der Waals surface area contributed by atoms with Gasteiger partial charge in [0.05, 0.1) is 6.21 Å². The number of hydrogen-bond donors (Lipinski definition) is 2. The van der Waals surface area contributed by atoms with Gasteiger partial charge in [-0.3, -0.25) is 5.43 Å². The quantitative estimate of drug-likeness (QED) is 0.502. The Labute approximate surface area is 111 Å². The van der Waals surface area contributed by atoms with Gasteiger partial charge in [0.25, 0.3) is 0 Å². The van der Waals surface area contributed by atoms with E-state index in [1.165, 1.54) is 32.1 Å². The van der Waals surface area contributed by atoms with Crippen molar-refractivity contribution in [2.45, 2.75) is 38.1 Å². The summed E-state index contributed by atoms with van der Waals surface area (Å²) in [7, 11) is 0. The van der Waals surface area contributed by atoms with Gasteiger partial charge in [0, 0.05) is 11.6 Å². The van der Waals surface area contributed by atoms with Crippen molar-refractivity contribution in [3.8, 4) is 0 Å². The van der Waals surface area contributed by atoms with Crippen molar-refractivity contribution < 1.29 is 0 Å². The molecule has 0 spiro atoms. The summed E-state index contributed by atoms with van der Waals surface area (Å²) in [6, 6.07) is 2.55. The topological polar surface area (TPSA) is 36.4 Å². The van der Waals surface area contributed by atoms with Crippen molar-refractivity contribution in [2.24, 2.45) is 5.10 Å². The van der Waals surface area contributed by atoms with Gasteiger partial charge in [-0.05, 0) is 41.9 Å². The lowest BCUT2D eigenvalue weighted by Crippen LogP contribution is -2.40. The molecule has 92 valence electrons. The Balaban J connectivity index is 1.70. The summed E-state index contributed by atoms with van der Waals surface area (Å²) in [5.74, 6) is 0. The Bertz CT molecular complexity index is 367. The number of nitrogens with one attached hydrogen (secondary N) is 2. The molecule has 0 atom stereocenters. The van der Waals surface area contributed by atoms with Gasteiger partial charge in [0.1, 0.15) is 0 Å². The maximum atomic E-state index is 5.20. The van der Waals surface area contributed by atoms with Crippen LogP contribution in [0, 0.1) is 0 Å². The molecule has 2 rings (SSSR count). The highest BCUT2D eigenvalue weighted by Gasteiger charge is 2.13. The molecule has 1 aromatic rings. The van der Waals surface area contributed by atoms with E-state index < -0.39 is 0 Å². The van der Waals surface area contributed by atoms with Gasteiger partial charge in [-0.25, -0.2) is 0 Å². The molecule has 1 aromatic heterocycles. The van der Waals surface area contributed by atoms with Crippen LogP contribution in [0.15, 0.2) is 21.9 Å². The fourth-order valence-electron chi connectivity index (χ4n) is 1.98. The van der Waals surface area contributed by atoms with Gasteiger partial charge in [0.15, 0.2) is 5.11 Å². The molecule has 0 saturated heterocycles. The lowest BCUT2D eigenvalue weighted by atomic mass is 9.96. The van der Waals surface area contributed by atoms with Crippen LogP contribution < -0.4 is 10.7 Å². The highest BCUT2D eigenvalue weighted by Crippen LogP contribution is 2.17. The van der Waals surface area contributed by atoms with E-state index in [0.29, 0.717) is 11.2 Å². The van der Waals surface area contributed by atoms with Crippen LogP contribution in [0.2, 0.25) is 0 Å². The van der Waals surface area contributed by atoms with E-state index in [0.717, 1.165) is 5.56 Å². The third-order valence-electron chi connectivity index (χ3n) is 2.86. The zero-order valence-electron chi connectivity index (χ0n) is 9.69. The van der Waals surface area contributed by atoms with Crippen molar-refractivity contribution in [3.63, 3.8) is 0 Å². The molecule has 1 saturated carbocycles. The van der Waals surface area contributed by atoms with E-state index in [9.17, 15) is 0 Å². The molecule has 0 aromatic carbocycles. The Hall–Kier alpha value is -0.940. The third kappa shape index (κ3) is 4.44. The highest BCUT2D eigenvalue weighted by atomic mass is 32.1. The fraction of sp³-hybridized carbons (Fsp3) is 0.500. The smallest absolute Gasteiger partial charge is 0.187 e. The molecule has 0 bridgehead atoms. The van der Waals surface area contributed by atoms with Gasteiger partial charge in [-0.2, -0.15) is 16.4 Å². The number of thiophene rings is 1. The molecule has 0 aliphatic heterocycles. The monoisotopic (exact) mass is 267 g/mol. The molecular weight excluding hydrogens is 250 g/mol. The summed E-state index contributed by atoms with van der Waals surface area (Å²) in [5.41, 5.74) is 3.96. The molecule has 1 heterocycles. The van der Waals surface area contributed by atoms with Gasteiger partial charge < -0.3 is 5.32 Å². The minimum Gasteiger partial charge on any atom is -0.359 e. The van der Waals surface area contributed by atoms with Gasteiger partial charge >= 0.3 is 0 Å². The zero-order valence-corrected chi connectivity index (χ0v) is 11.3. The van der Waals surface area contributed by atoms with Crippen LogP contribution in [-0.4, -0.2) is 17.4 Å². The van der Waals surface area contributed by atoms with Crippen LogP contribution in [0.5, 0.6) is 0 Å². The number of hydrogen-bond acceptors (Lipinski definition) is 3. The van der Waals surface area contributed by atoms with Crippen LogP contribution in [-0.2, 0) is 0 Å². The lowest BCUT2D eigenvalue weighted by molar-refractivity contribution is 0.412. The molecular formula is C12H17N3S2. The molecule has 0 radical (unpaired) electrons. The number of rotatable bonds is 3. The van der Waals surface area contributed by atoms with E-state index in [4.69, 9.17) is 12.2 Å². The Morgan fingerprint density at radius 3 is 2.94 bits per heavy atom. The SMILES string of the molecule is S=C(N/N=C/c1ccsc1)NC1CCCCC1. The van der Waals surface area contributed by atoms with Crippen molar-refractivity contribution in [1.82, 2.24) is 10.7 Å². The largest absolute Gasteiger partial charge is 0.359 e. The zero-order chi connectivity index (χ0) is 11.9. The first-order chi connectivity index (χ1) is 8.34. The Morgan fingerprint density at radius 2 is 2.24 bits per heavy atom. The molecule has 2 N–H and O–H groups in total. The average molecular weight is 267 g/mol. The van der Waals surface area contributed by atoms with Gasteiger partial charge in [-0.1, -0.05) is 19.3 Å². The van der Waals surface area contributed by atoms with Crippen LogP contribution >= 0.6 is 23.6 Å². The summed E-state index contributed by atoms with van der Waals surface area (Å²) in [4.78, 5) is 0. The summed E-state index contributed by atoms with van der Waals surface area (Å²) >= 11 is 6.86. The van der Waals surface area contributed by atoms with E-state index in [-0.39, 0.29) is 0 Å².